The lowest BCUT2D eigenvalue weighted by atomic mass is 9.94. The molecule has 0 aromatic carbocycles. The standard InChI is InChI=1S/C20H30N6OS/c1-5-25(6-2)9-7-8-21-11-16-23-18-17-14-10-20(3,4)27-12-15(14)28-19(17)22-13-26(18)24-16/h13,21H,5-12H2,1-4H3/p+2. The molecule has 0 atom stereocenters. The van der Waals surface area contributed by atoms with E-state index in [1.165, 1.54) is 41.9 Å². The number of fused-ring (bicyclic) bond motifs is 5. The fraction of sp³-hybridized carbons (Fsp3) is 0.650. The van der Waals surface area contributed by atoms with Crippen molar-refractivity contribution in [3.63, 3.8) is 0 Å². The summed E-state index contributed by atoms with van der Waals surface area (Å²) < 4.78 is 7.83. The molecule has 0 unspecified atom stereocenters. The maximum Gasteiger partial charge on any atom is 0.206 e. The van der Waals surface area contributed by atoms with Crippen molar-refractivity contribution in [2.75, 3.05) is 26.2 Å². The Morgan fingerprint density at radius 3 is 2.93 bits per heavy atom. The number of nitrogens with zero attached hydrogens (tertiary/aromatic N) is 4. The predicted molar refractivity (Wildman–Crippen MR) is 111 cm³/mol. The number of ether oxygens (including phenoxy) is 1. The van der Waals surface area contributed by atoms with Crippen LogP contribution in [-0.4, -0.2) is 51.4 Å². The van der Waals surface area contributed by atoms with Gasteiger partial charge in [0.05, 0.1) is 43.8 Å². The Balaban J connectivity index is 1.50. The molecule has 0 spiro atoms. The average Bonchev–Trinajstić information content (AvgIpc) is 3.24. The number of rotatable bonds is 8. The summed E-state index contributed by atoms with van der Waals surface area (Å²) in [5.41, 5.74) is 2.15. The van der Waals surface area contributed by atoms with E-state index >= 15 is 0 Å². The zero-order chi connectivity index (χ0) is 19.7. The van der Waals surface area contributed by atoms with Crippen LogP contribution in [0.25, 0.3) is 15.9 Å². The topological polar surface area (TPSA) is 73.4 Å². The van der Waals surface area contributed by atoms with Crippen molar-refractivity contribution in [2.24, 2.45) is 0 Å². The van der Waals surface area contributed by atoms with Crippen LogP contribution in [0, 0.1) is 0 Å². The Kier molecular flexibility index (Phi) is 5.64. The van der Waals surface area contributed by atoms with Gasteiger partial charge in [-0.1, -0.05) is 0 Å². The van der Waals surface area contributed by atoms with Crippen LogP contribution in [0.2, 0.25) is 0 Å². The fourth-order valence-electron chi connectivity index (χ4n) is 4.00. The molecule has 0 radical (unpaired) electrons. The van der Waals surface area contributed by atoms with Gasteiger partial charge in [0, 0.05) is 17.7 Å². The van der Waals surface area contributed by atoms with Crippen LogP contribution in [0.15, 0.2) is 6.33 Å². The summed E-state index contributed by atoms with van der Waals surface area (Å²) in [7, 11) is 0. The minimum absolute atomic E-state index is 0.142. The third-order valence-corrected chi connectivity index (χ3v) is 6.83. The number of nitrogens with one attached hydrogen (secondary N) is 1. The van der Waals surface area contributed by atoms with E-state index < -0.39 is 0 Å². The van der Waals surface area contributed by atoms with Crippen molar-refractivity contribution in [3.05, 3.63) is 22.6 Å². The molecule has 0 amide bonds. The number of thiophene rings is 1. The summed E-state index contributed by atoms with van der Waals surface area (Å²) in [5.74, 6) is 0.885. The Morgan fingerprint density at radius 1 is 1.32 bits per heavy atom. The van der Waals surface area contributed by atoms with Crippen molar-refractivity contribution in [3.8, 4) is 0 Å². The number of hydrogen-bond acceptors (Lipinski definition) is 5. The zero-order valence-electron chi connectivity index (χ0n) is 17.4. The molecule has 28 heavy (non-hydrogen) atoms. The lowest BCUT2D eigenvalue weighted by molar-refractivity contribution is -0.898. The highest BCUT2D eigenvalue weighted by molar-refractivity contribution is 7.19. The number of aromatic nitrogens is 4. The first-order valence-electron chi connectivity index (χ1n) is 10.4. The third kappa shape index (κ3) is 3.91. The molecule has 3 aromatic heterocycles. The van der Waals surface area contributed by atoms with E-state index in [1.807, 2.05) is 4.52 Å². The van der Waals surface area contributed by atoms with Crippen LogP contribution < -0.4 is 10.2 Å². The second kappa shape index (κ2) is 8.02. The van der Waals surface area contributed by atoms with Crippen LogP contribution in [-0.2, 0) is 24.3 Å². The van der Waals surface area contributed by atoms with E-state index in [0.29, 0.717) is 6.61 Å². The highest BCUT2D eigenvalue weighted by atomic mass is 32.1. The van der Waals surface area contributed by atoms with Crippen molar-refractivity contribution in [1.82, 2.24) is 19.6 Å². The van der Waals surface area contributed by atoms with E-state index in [1.54, 1.807) is 22.6 Å². The first kappa shape index (κ1) is 19.7. The van der Waals surface area contributed by atoms with Gasteiger partial charge in [0.25, 0.3) is 0 Å². The molecule has 4 rings (SSSR count). The van der Waals surface area contributed by atoms with Gasteiger partial charge in [0.1, 0.15) is 17.7 Å². The van der Waals surface area contributed by atoms with Crippen LogP contribution >= 0.6 is 11.3 Å². The van der Waals surface area contributed by atoms with E-state index in [9.17, 15) is 0 Å². The maximum absolute atomic E-state index is 5.98. The smallest absolute Gasteiger partial charge is 0.206 e. The van der Waals surface area contributed by atoms with Crippen molar-refractivity contribution in [2.45, 2.75) is 59.3 Å². The molecule has 3 N–H and O–H groups in total. The van der Waals surface area contributed by atoms with Gasteiger partial charge in [-0.05, 0) is 33.3 Å². The van der Waals surface area contributed by atoms with Gasteiger partial charge >= 0.3 is 0 Å². The van der Waals surface area contributed by atoms with Crippen LogP contribution in [0.3, 0.4) is 0 Å². The lowest BCUT2D eigenvalue weighted by Gasteiger charge is -2.30. The third-order valence-electron chi connectivity index (χ3n) is 5.72. The van der Waals surface area contributed by atoms with Crippen LogP contribution in [0.4, 0.5) is 0 Å². The van der Waals surface area contributed by atoms with Crippen LogP contribution in [0.5, 0.6) is 0 Å². The second-order valence-electron chi connectivity index (χ2n) is 8.29. The largest absolute Gasteiger partial charge is 0.370 e. The summed E-state index contributed by atoms with van der Waals surface area (Å²) in [5, 5.41) is 8.16. The quantitative estimate of drug-likeness (QED) is 0.539. The van der Waals surface area contributed by atoms with Gasteiger partial charge in [0.15, 0.2) is 5.65 Å². The first-order chi connectivity index (χ1) is 13.5. The lowest BCUT2D eigenvalue weighted by Crippen LogP contribution is -3.11. The molecule has 0 aliphatic carbocycles. The predicted octanol–water partition coefficient (Wildman–Crippen LogP) is 0.569. The summed E-state index contributed by atoms with van der Waals surface area (Å²) in [4.78, 5) is 13.5. The van der Waals surface area contributed by atoms with E-state index in [0.717, 1.165) is 35.8 Å². The zero-order valence-corrected chi connectivity index (χ0v) is 18.2. The number of nitrogens with two attached hydrogens (primary N) is 1. The molecule has 7 nitrogen and oxygen atoms in total. The summed E-state index contributed by atoms with van der Waals surface area (Å²) in [6.07, 6.45) is 3.92. The first-order valence-corrected chi connectivity index (χ1v) is 11.3. The Morgan fingerprint density at radius 2 is 2.14 bits per heavy atom. The van der Waals surface area contributed by atoms with Gasteiger partial charge < -0.3 is 15.0 Å². The maximum atomic E-state index is 5.98. The summed E-state index contributed by atoms with van der Waals surface area (Å²) in [6, 6.07) is 0. The SMILES string of the molecule is CC[NH+](CC)CCC[NH2+]Cc1nc2c3c4c(sc3ncn2n1)COC(C)(C)C4. The molecule has 8 heteroatoms. The molecule has 0 saturated heterocycles. The van der Waals surface area contributed by atoms with Gasteiger partial charge in [-0.3, -0.25) is 0 Å². The van der Waals surface area contributed by atoms with E-state index in [2.05, 4.69) is 43.1 Å². The molecule has 0 saturated carbocycles. The Bertz CT molecular complexity index is 959. The highest BCUT2D eigenvalue weighted by Gasteiger charge is 2.30. The number of quaternary nitrogens is 2. The second-order valence-corrected chi connectivity index (χ2v) is 9.38. The monoisotopic (exact) mass is 404 g/mol. The Hall–Kier alpha value is -1.61. The normalized spacial score (nSPS) is 16.3. The highest BCUT2D eigenvalue weighted by Crippen LogP contribution is 2.39. The van der Waals surface area contributed by atoms with Gasteiger partial charge in [-0.2, -0.15) is 0 Å². The van der Waals surface area contributed by atoms with Crippen molar-refractivity contribution < 1.29 is 15.0 Å². The molecule has 4 heterocycles. The molecule has 3 aromatic rings. The van der Waals surface area contributed by atoms with Crippen molar-refractivity contribution >= 4 is 27.2 Å². The fourth-order valence-corrected chi connectivity index (χ4v) is 5.07. The molecule has 0 fully saturated rings. The molecule has 1 aliphatic heterocycles. The van der Waals surface area contributed by atoms with Crippen LogP contribution in [0.1, 0.15) is 50.4 Å². The van der Waals surface area contributed by atoms with E-state index in [4.69, 9.17) is 9.72 Å². The molecular formula is C20H32N6OS+2. The molecule has 0 bridgehead atoms. The minimum Gasteiger partial charge on any atom is -0.370 e. The van der Waals surface area contributed by atoms with Gasteiger partial charge in [-0.25, -0.2) is 14.5 Å². The minimum atomic E-state index is -0.142. The summed E-state index contributed by atoms with van der Waals surface area (Å²) in [6.45, 7) is 15.1. The molecular weight excluding hydrogens is 372 g/mol. The number of hydrogen-bond donors (Lipinski definition) is 2. The average molecular weight is 405 g/mol. The van der Waals surface area contributed by atoms with Gasteiger partial charge in [0.2, 0.25) is 5.82 Å². The van der Waals surface area contributed by atoms with Gasteiger partial charge in [-0.15, -0.1) is 16.4 Å². The van der Waals surface area contributed by atoms with Crippen molar-refractivity contribution in [1.29, 1.82) is 0 Å². The summed E-state index contributed by atoms with van der Waals surface area (Å²) >= 11 is 1.73. The van der Waals surface area contributed by atoms with E-state index in [-0.39, 0.29) is 5.60 Å². The Labute approximate surface area is 170 Å². The molecule has 1 aliphatic rings. The molecule has 152 valence electrons.